The number of nitrogens with zero attached hydrogens (tertiary/aromatic N) is 2. The number of fused-ring (bicyclic) bond motifs is 8. The van der Waals surface area contributed by atoms with Gasteiger partial charge in [0.1, 0.15) is 11.2 Å². The van der Waals surface area contributed by atoms with Gasteiger partial charge in [-0.1, -0.05) is 154 Å². The first-order chi connectivity index (χ1) is 26.4. The Morgan fingerprint density at radius 2 is 1.00 bits per heavy atom. The molecule has 0 aliphatic carbocycles. The molecule has 0 aliphatic heterocycles. The molecule has 0 bridgehead atoms. The SMILES string of the molecule is CC(C)c1ccnc(-c2[c-]ccc3c2oc2c4cc([Si](C)(C)C)ccc4ccc32)c1.CC(C)c1ccnc(-c2[c-]ccc3c2oc2cc(C(C)C)ccc23)c1.[Ir]. The smallest absolute Gasteiger partial charge is 0.128 e. The van der Waals surface area contributed by atoms with Gasteiger partial charge in [0.25, 0.3) is 0 Å². The molecule has 6 heteroatoms. The first-order valence-corrected chi connectivity index (χ1v) is 23.0. The first kappa shape index (κ1) is 39.4. The van der Waals surface area contributed by atoms with Crippen LogP contribution in [0.1, 0.15) is 76.0 Å². The summed E-state index contributed by atoms with van der Waals surface area (Å²) in [5.41, 5.74) is 11.2. The van der Waals surface area contributed by atoms with Crippen LogP contribution in [0.5, 0.6) is 0 Å². The summed E-state index contributed by atoms with van der Waals surface area (Å²) < 4.78 is 12.8. The molecule has 0 saturated heterocycles. The van der Waals surface area contributed by atoms with E-state index in [9.17, 15) is 0 Å². The summed E-state index contributed by atoms with van der Waals surface area (Å²) in [6, 6.07) is 41.1. The second-order valence-corrected chi connectivity index (χ2v) is 21.8. The van der Waals surface area contributed by atoms with Crippen molar-refractivity contribution in [2.75, 3.05) is 0 Å². The van der Waals surface area contributed by atoms with Crippen LogP contribution in [0.25, 0.3) is 77.2 Å². The third-order valence-corrected chi connectivity index (χ3v) is 12.9. The summed E-state index contributed by atoms with van der Waals surface area (Å²) in [4.78, 5) is 9.20. The van der Waals surface area contributed by atoms with E-state index in [4.69, 9.17) is 8.83 Å². The minimum Gasteiger partial charge on any atom is -0.501 e. The van der Waals surface area contributed by atoms with Crippen LogP contribution < -0.4 is 5.19 Å². The van der Waals surface area contributed by atoms with Gasteiger partial charge in [0, 0.05) is 48.7 Å². The van der Waals surface area contributed by atoms with Gasteiger partial charge in [-0.15, -0.1) is 36.4 Å². The van der Waals surface area contributed by atoms with Gasteiger partial charge in [-0.3, -0.25) is 0 Å². The molecular formula is C50H48IrN2O2Si-2. The zero-order valence-electron chi connectivity index (χ0n) is 33.7. The Labute approximate surface area is 344 Å². The number of furan rings is 2. The summed E-state index contributed by atoms with van der Waals surface area (Å²) in [6.45, 7) is 20.3. The average molecular weight is 929 g/mol. The number of pyridine rings is 2. The molecule has 0 N–H and O–H groups in total. The summed E-state index contributed by atoms with van der Waals surface area (Å²) in [5, 5.41) is 8.40. The molecule has 4 nitrogen and oxygen atoms in total. The van der Waals surface area contributed by atoms with Gasteiger partial charge in [0.15, 0.2) is 0 Å². The van der Waals surface area contributed by atoms with Crippen molar-refractivity contribution in [3.05, 3.63) is 138 Å². The van der Waals surface area contributed by atoms with Gasteiger partial charge in [-0.25, -0.2) is 0 Å². The van der Waals surface area contributed by atoms with Crippen LogP contribution in [0.3, 0.4) is 0 Å². The fraction of sp³-hybridized carbons (Fsp3) is 0.240. The summed E-state index contributed by atoms with van der Waals surface area (Å²) >= 11 is 0. The molecular weight excluding hydrogens is 881 g/mol. The van der Waals surface area contributed by atoms with E-state index in [1.807, 2.05) is 24.5 Å². The summed E-state index contributed by atoms with van der Waals surface area (Å²) in [7, 11) is -1.42. The number of rotatable bonds is 6. The Morgan fingerprint density at radius 1 is 0.500 bits per heavy atom. The zero-order valence-corrected chi connectivity index (χ0v) is 37.1. The van der Waals surface area contributed by atoms with E-state index < -0.39 is 8.07 Å². The van der Waals surface area contributed by atoms with Crippen LogP contribution in [0.15, 0.2) is 118 Å². The summed E-state index contributed by atoms with van der Waals surface area (Å²) in [5.74, 6) is 1.39. The fourth-order valence-corrected chi connectivity index (χ4v) is 8.53. The Morgan fingerprint density at radius 3 is 1.57 bits per heavy atom. The zero-order chi connectivity index (χ0) is 38.6. The van der Waals surface area contributed by atoms with Crippen molar-refractivity contribution in [1.82, 2.24) is 9.97 Å². The second kappa shape index (κ2) is 15.6. The quantitative estimate of drug-likeness (QED) is 0.123. The predicted octanol–water partition coefficient (Wildman–Crippen LogP) is 14.0. The predicted molar refractivity (Wildman–Crippen MR) is 234 cm³/mol. The molecule has 0 amide bonds. The molecule has 9 aromatic rings. The molecule has 0 fully saturated rings. The van der Waals surface area contributed by atoms with Crippen LogP contribution in [0.4, 0.5) is 0 Å². The van der Waals surface area contributed by atoms with Crippen molar-refractivity contribution in [3.8, 4) is 22.5 Å². The number of hydrogen-bond acceptors (Lipinski definition) is 4. The number of hydrogen-bond donors (Lipinski definition) is 0. The molecule has 285 valence electrons. The molecule has 0 atom stereocenters. The van der Waals surface area contributed by atoms with Crippen molar-refractivity contribution in [2.45, 2.75) is 78.9 Å². The van der Waals surface area contributed by atoms with Gasteiger partial charge in [-0.05, 0) is 58.3 Å². The molecule has 0 unspecified atom stereocenters. The van der Waals surface area contributed by atoms with E-state index >= 15 is 0 Å². The maximum absolute atomic E-state index is 6.56. The fourth-order valence-electron chi connectivity index (χ4n) is 7.37. The number of aromatic nitrogens is 2. The number of benzene rings is 5. The van der Waals surface area contributed by atoms with Crippen molar-refractivity contribution in [1.29, 1.82) is 0 Å². The van der Waals surface area contributed by atoms with Crippen molar-refractivity contribution < 1.29 is 28.9 Å². The average Bonchev–Trinajstić information content (AvgIpc) is 3.76. The Balaban J connectivity index is 0.000000171. The van der Waals surface area contributed by atoms with Gasteiger partial charge >= 0.3 is 0 Å². The monoisotopic (exact) mass is 929 g/mol. The van der Waals surface area contributed by atoms with E-state index in [0.29, 0.717) is 17.8 Å². The maximum Gasteiger partial charge on any atom is 0.128 e. The normalized spacial score (nSPS) is 12.0. The molecule has 0 saturated carbocycles. The molecule has 0 aliphatic rings. The molecule has 56 heavy (non-hydrogen) atoms. The standard InChI is InChI=1S/C27H26NOSi.C23H22NO.Ir/c1-17(2)19-13-14-28-25(15-19)23-8-6-7-21-22-12-10-18-9-11-20(30(3,4)5)16-24(18)27(22)29-26(21)23;1-14(2)16-8-9-18-19-6-5-7-20(23(19)25-22(18)13-16)21-12-17(15(3)4)10-11-24-21;/h6-7,9-17H,1-5H3;5-6,8-15H,1-4H3;/q2*-1;. The molecule has 1 radical (unpaired) electrons. The minimum absolute atomic E-state index is 0. The van der Waals surface area contributed by atoms with Crippen LogP contribution in [0, 0.1) is 12.1 Å². The minimum atomic E-state index is -1.42. The Hall–Kier alpha value is -4.87. The van der Waals surface area contributed by atoms with E-state index in [1.54, 1.807) is 0 Å². The molecule has 0 spiro atoms. The maximum atomic E-state index is 6.56. The van der Waals surface area contributed by atoms with Gasteiger partial charge in [0.05, 0.1) is 19.2 Å². The van der Waals surface area contributed by atoms with Gasteiger partial charge in [-0.2, -0.15) is 0 Å². The van der Waals surface area contributed by atoms with E-state index in [0.717, 1.165) is 66.4 Å². The molecule has 5 aromatic carbocycles. The Bertz CT molecular complexity index is 2860. The van der Waals surface area contributed by atoms with Crippen LogP contribution in [-0.2, 0) is 20.1 Å². The molecule has 4 aromatic heterocycles. The Kier molecular flexibility index (Phi) is 10.9. The first-order valence-electron chi connectivity index (χ1n) is 19.5. The van der Waals surface area contributed by atoms with Crippen molar-refractivity contribution in [3.63, 3.8) is 0 Å². The van der Waals surface area contributed by atoms with Crippen molar-refractivity contribution >= 4 is 67.9 Å². The molecule has 4 heterocycles. The van der Waals surface area contributed by atoms with Crippen LogP contribution in [-0.4, -0.2) is 18.0 Å². The van der Waals surface area contributed by atoms with Gasteiger partial charge < -0.3 is 18.8 Å². The van der Waals surface area contributed by atoms with Crippen LogP contribution >= 0.6 is 0 Å². The van der Waals surface area contributed by atoms with Crippen LogP contribution in [0.2, 0.25) is 19.6 Å². The van der Waals surface area contributed by atoms with Crippen molar-refractivity contribution in [2.24, 2.45) is 0 Å². The summed E-state index contributed by atoms with van der Waals surface area (Å²) in [6.07, 6.45) is 3.76. The van der Waals surface area contributed by atoms with E-state index in [2.05, 4.69) is 168 Å². The second-order valence-electron chi connectivity index (χ2n) is 16.7. The topological polar surface area (TPSA) is 52.1 Å². The molecule has 9 rings (SSSR count). The van der Waals surface area contributed by atoms with E-state index in [-0.39, 0.29) is 20.1 Å². The van der Waals surface area contributed by atoms with E-state index in [1.165, 1.54) is 32.6 Å². The third kappa shape index (κ3) is 7.38. The third-order valence-electron chi connectivity index (χ3n) is 10.8. The largest absolute Gasteiger partial charge is 0.501 e. The van der Waals surface area contributed by atoms with Gasteiger partial charge in [0.2, 0.25) is 0 Å².